The summed E-state index contributed by atoms with van der Waals surface area (Å²) in [5, 5.41) is 2.34. The van der Waals surface area contributed by atoms with Gasteiger partial charge >= 0.3 is 12.1 Å². The average Bonchev–Trinajstić information content (AvgIpc) is 2.13. The first kappa shape index (κ1) is 15.7. The fraction of sp³-hybridized carbons (Fsp3) is 0.818. The van der Waals surface area contributed by atoms with Crippen molar-refractivity contribution in [2.75, 3.05) is 7.11 Å². The molecule has 1 atom stereocenters. The van der Waals surface area contributed by atoms with Crippen LogP contribution >= 0.6 is 0 Å². The summed E-state index contributed by atoms with van der Waals surface area (Å²) in [6.45, 7) is 7.02. The molecule has 6 heteroatoms. The highest BCUT2D eigenvalue weighted by Gasteiger charge is 2.37. The van der Waals surface area contributed by atoms with E-state index in [2.05, 4.69) is 10.1 Å². The molecule has 0 aromatic heterocycles. The molecule has 0 aliphatic carbocycles. The van der Waals surface area contributed by atoms with E-state index in [0.29, 0.717) is 6.42 Å². The van der Waals surface area contributed by atoms with Crippen LogP contribution in [-0.2, 0) is 14.3 Å². The highest BCUT2D eigenvalue weighted by molar-refractivity contribution is 5.85. The van der Waals surface area contributed by atoms with Crippen LogP contribution in [0.2, 0.25) is 0 Å². The van der Waals surface area contributed by atoms with Crippen LogP contribution in [0.4, 0.5) is 4.79 Å². The van der Waals surface area contributed by atoms with Crippen LogP contribution in [0.25, 0.3) is 0 Å². The summed E-state index contributed by atoms with van der Waals surface area (Å²) in [6.07, 6.45) is 0.166. The number of alkyl carbamates (subject to hydrolysis) is 1. The normalized spacial score (nSPS) is 14.7. The lowest BCUT2D eigenvalue weighted by Crippen LogP contribution is -2.62. The van der Waals surface area contributed by atoms with Crippen molar-refractivity contribution in [2.45, 2.75) is 51.8 Å². The zero-order valence-electron chi connectivity index (χ0n) is 11.1. The van der Waals surface area contributed by atoms with Gasteiger partial charge in [0.05, 0.1) is 7.11 Å². The Morgan fingerprint density at radius 1 is 1.29 bits per heavy atom. The minimum atomic E-state index is -1.54. The fourth-order valence-corrected chi connectivity index (χ4v) is 1.28. The lowest BCUT2D eigenvalue weighted by molar-refractivity contribution is -0.148. The monoisotopic (exact) mass is 246 g/mol. The van der Waals surface area contributed by atoms with Gasteiger partial charge in [0, 0.05) is 0 Å². The number of rotatable bonds is 4. The number of amides is 1. The molecule has 17 heavy (non-hydrogen) atoms. The van der Waals surface area contributed by atoms with E-state index in [1.807, 2.05) is 6.92 Å². The van der Waals surface area contributed by atoms with Gasteiger partial charge in [0.1, 0.15) is 5.60 Å². The van der Waals surface area contributed by atoms with Gasteiger partial charge in [-0.25, -0.2) is 9.59 Å². The van der Waals surface area contributed by atoms with Crippen LogP contribution in [0.5, 0.6) is 0 Å². The molecule has 0 aliphatic heterocycles. The van der Waals surface area contributed by atoms with Gasteiger partial charge in [0.25, 0.3) is 0 Å². The predicted octanol–water partition coefficient (Wildman–Crippen LogP) is 1.14. The zero-order valence-corrected chi connectivity index (χ0v) is 11.1. The standard InChI is InChI=1S/C11H22N2O4/c1-6-7-11(12,8(14)16-5)13-9(15)17-10(2,3)4/h6-7,12H2,1-5H3,(H,13,15). The van der Waals surface area contributed by atoms with Crippen LogP contribution in [0.3, 0.4) is 0 Å². The molecule has 0 saturated carbocycles. The van der Waals surface area contributed by atoms with Crippen molar-refractivity contribution < 1.29 is 19.1 Å². The molecule has 0 rings (SSSR count). The number of hydrogen-bond acceptors (Lipinski definition) is 5. The van der Waals surface area contributed by atoms with E-state index in [0.717, 1.165) is 0 Å². The molecule has 0 heterocycles. The molecule has 100 valence electrons. The second-order valence-corrected chi connectivity index (χ2v) is 4.84. The minimum absolute atomic E-state index is 0.277. The summed E-state index contributed by atoms with van der Waals surface area (Å²) in [6, 6.07) is 0. The molecule has 0 aromatic rings. The van der Waals surface area contributed by atoms with Crippen molar-refractivity contribution in [1.29, 1.82) is 0 Å². The Kier molecular flexibility index (Phi) is 5.41. The van der Waals surface area contributed by atoms with Gasteiger partial charge in [0.2, 0.25) is 0 Å². The van der Waals surface area contributed by atoms with Crippen LogP contribution in [0.1, 0.15) is 40.5 Å². The highest BCUT2D eigenvalue weighted by atomic mass is 16.6. The van der Waals surface area contributed by atoms with Crippen LogP contribution < -0.4 is 11.1 Å². The Bertz CT molecular complexity index is 286. The van der Waals surface area contributed by atoms with Gasteiger partial charge in [-0.3, -0.25) is 11.1 Å². The maximum absolute atomic E-state index is 11.5. The van der Waals surface area contributed by atoms with Crippen LogP contribution in [-0.4, -0.2) is 30.4 Å². The second kappa shape index (κ2) is 5.86. The van der Waals surface area contributed by atoms with Crippen LogP contribution in [0.15, 0.2) is 0 Å². The zero-order chi connectivity index (χ0) is 13.7. The van der Waals surface area contributed by atoms with E-state index in [9.17, 15) is 9.59 Å². The summed E-state index contributed by atoms with van der Waals surface area (Å²) < 4.78 is 9.60. The molecular weight excluding hydrogens is 224 g/mol. The number of hydrogen-bond donors (Lipinski definition) is 2. The van der Waals surface area contributed by atoms with E-state index in [1.54, 1.807) is 20.8 Å². The molecule has 0 bridgehead atoms. The Balaban J connectivity index is 4.66. The van der Waals surface area contributed by atoms with E-state index >= 15 is 0 Å². The molecule has 0 saturated heterocycles. The highest BCUT2D eigenvalue weighted by Crippen LogP contribution is 2.11. The summed E-state index contributed by atoms with van der Waals surface area (Å²) in [5.41, 5.74) is 3.61. The molecule has 3 N–H and O–H groups in total. The molecule has 1 amide bonds. The number of esters is 1. The predicted molar refractivity (Wildman–Crippen MR) is 63.2 cm³/mol. The van der Waals surface area contributed by atoms with Crippen molar-refractivity contribution >= 4 is 12.1 Å². The molecule has 6 nitrogen and oxygen atoms in total. The number of methoxy groups -OCH3 is 1. The van der Waals surface area contributed by atoms with Gasteiger partial charge in [-0.1, -0.05) is 13.3 Å². The Morgan fingerprint density at radius 3 is 2.18 bits per heavy atom. The van der Waals surface area contributed by atoms with Crippen LogP contribution in [0, 0.1) is 0 Å². The van der Waals surface area contributed by atoms with Gasteiger partial charge in [0.15, 0.2) is 5.66 Å². The van der Waals surface area contributed by atoms with Gasteiger partial charge in [-0.05, 0) is 27.2 Å². The minimum Gasteiger partial charge on any atom is -0.466 e. The largest absolute Gasteiger partial charge is 0.466 e. The van der Waals surface area contributed by atoms with Crippen molar-refractivity contribution in [3.63, 3.8) is 0 Å². The Labute approximate surface area is 102 Å². The molecule has 0 aromatic carbocycles. The first-order chi connectivity index (χ1) is 7.64. The second-order valence-electron chi connectivity index (χ2n) is 4.84. The summed E-state index contributed by atoms with van der Waals surface area (Å²) in [4.78, 5) is 23.1. The van der Waals surface area contributed by atoms with Crippen molar-refractivity contribution in [3.05, 3.63) is 0 Å². The fourth-order valence-electron chi connectivity index (χ4n) is 1.28. The van der Waals surface area contributed by atoms with Crippen molar-refractivity contribution in [1.82, 2.24) is 5.32 Å². The first-order valence-corrected chi connectivity index (χ1v) is 5.53. The third-order valence-corrected chi connectivity index (χ3v) is 1.92. The smallest absolute Gasteiger partial charge is 0.409 e. The molecule has 0 spiro atoms. The lowest BCUT2D eigenvalue weighted by atomic mass is 10.1. The van der Waals surface area contributed by atoms with Crippen molar-refractivity contribution in [3.8, 4) is 0 Å². The Hall–Kier alpha value is -1.30. The summed E-state index contributed by atoms with van der Waals surface area (Å²) in [7, 11) is 1.22. The van der Waals surface area contributed by atoms with Gasteiger partial charge in [-0.2, -0.15) is 0 Å². The first-order valence-electron chi connectivity index (χ1n) is 5.53. The molecule has 0 fully saturated rings. The number of ether oxygens (including phenoxy) is 2. The molecule has 0 aliphatic rings. The maximum atomic E-state index is 11.5. The van der Waals surface area contributed by atoms with E-state index in [-0.39, 0.29) is 6.42 Å². The Morgan fingerprint density at radius 2 is 1.82 bits per heavy atom. The number of nitrogens with one attached hydrogen (secondary N) is 1. The molecule has 0 radical (unpaired) electrons. The number of carbonyl (C=O) groups excluding carboxylic acids is 2. The average molecular weight is 246 g/mol. The maximum Gasteiger partial charge on any atom is 0.409 e. The number of carbonyl (C=O) groups is 2. The van der Waals surface area contributed by atoms with Crippen molar-refractivity contribution in [2.24, 2.45) is 5.73 Å². The van der Waals surface area contributed by atoms with Gasteiger partial charge in [-0.15, -0.1) is 0 Å². The topological polar surface area (TPSA) is 90.6 Å². The van der Waals surface area contributed by atoms with E-state index in [1.165, 1.54) is 7.11 Å². The molecule has 1 unspecified atom stereocenters. The van der Waals surface area contributed by atoms with E-state index in [4.69, 9.17) is 10.5 Å². The molecular formula is C11H22N2O4. The lowest BCUT2D eigenvalue weighted by Gasteiger charge is -2.29. The van der Waals surface area contributed by atoms with Gasteiger partial charge < -0.3 is 9.47 Å². The summed E-state index contributed by atoms with van der Waals surface area (Å²) in [5.74, 6) is -0.690. The third kappa shape index (κ3) is 5.53. The quantitative estimate of drug-likeness (QED) is 0.573. The van der Waals surface area contributed by atoms with E-state index < -0.39 is 23.3 Å². The SMILES string of the molecule is CCCC(N)(NC(=O)OC(C)(C)C)C(=O)OC. The summed E-state index contributed by atoms with van der Waals surface area (Å²) >= 11 is 0. The third-order valence-electron chi connectivity index (χ3n) is 1.92. The number of nitrogens with two attached hydrogens (primary N) is 1.